The maximum atomic E-state index is 12.2. The predicted octanol–water partition coefficient (Wildman–Crippen LogP) is -3.18. The van der Waals surface area contributed by atoms with Crippen molar-refractivity contribution in [2.24, 2.45) is 11.7 Å². The first kappa shape index (κ1) is 17.1. The van der Waals surface area contributed by atoms with Crippen LogP contribution in [0.3, 0.4) is 0 Å². The summed E-state index contributed by atoms with van der Waals surface area (Å²) >= 11 is 0. The van der Waals surface area contributed by atoms with Crippen molar-refractivity contribution in [3.8, 4) is 0 Å². The van der Waals surface area contributed by atoms with Crippen LogP contribution >= 0.6 is 0 Å². The lowest BCUT2D eigenvalue weighted by Gasteiger charge is -2.49. The Morgan fingerprint density at radius 2 is 2.14 bits per heavy atom. The Kier molecular flexibility index (Phi) is 5.03. The summed E-state index contributed by atoms with van der Waals surface area (Å²) in [6.07, 6.45) is -3.37. The minimum absolute atomic E-state index is 0.0228. The number of rotatable bonds is 5. The Morgan fingerprint density at radius 3 is 2.59 bits per heavy atom. The highest BCUT2D eigenvalue weighted by Crippen LogP contribution is 2.41. The molecule has 0 aromatic carbocycles. The van der Waals surface area contributed by atoms with E-state index in [-0.39, 0.29) is 19.5 Å². The molecule has 22 heavy (non-hydrogen) atoms. The van der Waals surface area contributed by atoms with Crippen molar-refractivity contribution in [2.75, 3.05) is 26.8 Å². The number of likely N-dealkylation sites (tertiary alicyclic amines) is 1. The lowest BCUT2D eigenvalue weighted by molar-refractivity contribution is -0.254. The van der Waals surface area contributed by atoms with Crippen LogP contribution in [0.5, 0.6) is 0 Å². The van der Waals surface area contributed by atoms with Crippen LogP contribution < -0.4 is 5.73 Å². The summed E-state index contributed by atoms with van der Waals surface area (Å²) in [5, 5.41) is 29.5. The standard InChI is InChI=1S/C13H22N2O7/c1-21-11-2-8(18)10(5-16)22-13(11,12(14)20)7-3-15(6-17)4-9(7)19/h6-11,16,18-19H,2-5H2,1H3,(H2,14,20)/t7-,8?,9+,10?,11?,13?/m1/s1. The van der Waals surface area contributed by atoms with E-state index in [0.29, 0.717) is 6.41 Å². The summed E-state index contributed by atoms with van der Waals surface area (Å²) < 4.78 is 10.9. The zero-order valence-electron chi connectivity index (χ0n) is 12.3. The summed E-state index contributed by atoms with van der Waals surface area (Å²) in [4.78, 5) is 24.4. The van der Waals surface area contributed by atoms with Crippen molar-refractivity contribution in [3.63, 3.8) is 0 Å². The van der Waals surface area contributed by atoms with Crippen LogP contribution in [0.25, 0.3) is 0 Å². The topological polar surface area (TPSA) is 143 Å². The Bertz CT molecular complexity index is 435. The van der Waals surface area contributed by atoms with Gasteiger partial charge in [-0.25, -0.2) is 0 Å². The van der Waals surface area contributed by atoms with Gasteiger partial charge >= 0.3 is 0 Å². The predicted molar refractivity (Wildman–Crippen MR) is 72.4 cm³/mol. The minimum Gasteiger partial charge on any atom is -0.394 e. The maximum Gasteiger partial charge on any atom is 0.252 e. The number of hydrogen-bond acceptors (Lipinski definition) is 7. The van der Waals surface area contributed by atoms with Gasteiger partial charge in [-0.1, -0.05) is 0 Å². The second kappa shape index (κ2) is 6.47. The third-order valence-electron chi connectivity index (χ3n) is 4.58. The molecular formula is C13H22N2O7. The number of nitrogens with two attached hydrogens (primary N) is 1. The van der Waals surface area contributed by atoms with E-state index in [0.717, 1.165) is 0 Å². The smallest absolute Gasteiger partial charge is 0.252 e. The molecule has 2 rings (SSSR count). The summed E-state index contributed by atoms with van der Waals surface area (Å²) in [6, 6.07) is 0. The fourth-order valence-electron chi connectivity index (χ4n) is 3.43. The van der Waals surface area contributed by atoms with Crippen LogP contribution in [-0.2, 0) is 19.1 Å². The molecule has 2 fully saturated rings. The summed E-state index contributed by atoms with van der Waals surface area (Å²) in [5.74, 6) is -1.66. The van der Waals surface area contributed by atoms with Crippen LogP contribution in [0.4, 0.5) is 0 Å². The third-order valence-corrected chi connectivity index (χ3v) is 4.58. The van der Waals surface area contributed by atoms with E-state index in [9.17, 15) is 24.9 Å². The molecule has 0 bridgehead atoms. The molecule has 0 saturated carbocycles. The Labute approximate surface area is 127 Å². The van der Waals surface area contributed by atoms with E-state index in [1.54, 1.807) is 0 Å². The van der Waals surface area contributed by atoms with Gasteiger partial charge in [-0.15, -0.1) is 0 Å². The molecule has 2 amide bonds. The van der Waals surface area contributed by atoms with Crippen molar-refractivity contribution in [2.45, 2.75) is 36.4 Å². The highest BCUT2D eigenvalue weighted by molar-refractivity contribution is 5.85. The first-order valence-electron chi connectivity index (χ1n) is 7.07. The zero-order chi connectivity index (χ0) is 16.5. The molecule has 4 unspecified atom stereocenters. The molecule has 6 atom stereocenters. The molecule has 2 aliphatic heterocycles. The van der Waals surface area contributed by atoms with Gasteiger partial charge in [0.1, 0.15) is 6.10 Å². The monoisotopic (exact) mass is 318 g/mol. The molecule has 2 heterocycles. The molecule has 9 heteroatoms. The summed E-state index contributed by atoms with van der Waals surface area (Å²) in [5.41, 5.74) is 3.81. The maximum absolute atomic E-state index is 12.2. The summed E-state index contributed by atoms with van der Waals surface area (Å²) in [6.45, 7) is -0.385. The number of amides is 2. The largest absolute Gasteiger partial charge is 0.394 e. The van der Waals surface area contributed by atoms with Crippen LogP contribution in [0.15, 0.2) is 0 Å². The zero-order valence-corrected chi connectivity index (χ0v) is 12.3. The minimum atomic E-state index is -1.72. The number of methoxy groups -OCH3 is 1. The van der Waals surface area contributed by atoms with E-state index in [1.165, 1.54) is 12.0 Å². The molecular weight excluding hydrogens is 296 g/mol. The fraction of sp³-hybridized carbons (Fsp3) is 0.846. The van der Waals surface area contributed by atoms with E-state index in [4.69, 9.17) is 15.2 Å². The van der Waals surface area contributed by atoms with E-state index < -0.39 is 48.4 Å². The number of β-amino-alcohol motifs (C(OH)–C–C–N with tert-alkyl or cyclic N) is 1. The van der Waals surface area contributed by atoms with Crippen molar-refractivity contribution >= 4 is 12.3 Å². The molecule has 2 saturated heterocycles. The van der Waals surface area contributed by atoms with Gasteiger partial charge in [0.2, 0.25) is 6.41 Å². The second-order valence-corrected chi connectivity index (χ2v) is 5.76. The Morgan fingerprint density at radius 1 is 1.45 bits per heavy atom. The second-order valence-electron chi connectivity index (χ2n) is 5.76. The van der Waals surface area contributed by atoms with Crippen LogP contribution in [-0.4, -0.2) is 89.4 Å². The van der Waals surface area contributed by atoms with Gasteiger partial charge < -0.3 is 35.4 Å². The number of primary amides is 1. The molecule has 9 nitrogen and oxygen atoms in total. The Hall–Kier alpha value is -1.26. The molecule has 0 spiro atoms. The third kappa shape index (κ3) is 2.59. The first-order valence-corrected chi connectivity index (χ1v) is 7.07. The quantitative estimate of drug-likeness (QED) is 0.391. The highest BCUT2D eigenvalue weighted by Gasteiger charge is 2.61. The average molecular weight is 318 g/mol. The number of nitrogens with zero attached hydrogens (tertiary/aromatic N) is 1. The molecule has 5 N–H and O–H groups in total. The van der Waals surface area contributed by atoms with Gasteiger partial charge in [-0.3, -0.25) is 9.59 Å². The number of hydrogen-bond donors (Lipinski definition) is 4. The van der Waals surface area contributed by atoms with Gasteiger partial charge in [0, 0.05) is 32.5 Å². The van der Waals surface area contributed by atoms with E-state index in [2.05, 4.69) is 0 Å². The molecule has 2 aliphatic rings. The molecule has 0 aromatic rings. The Balaban J connectivity index is 2.40. The van der Waals surface area contributed by atoms with Gasteiger partial charge in [0.15, 0.2) is 5.60 Å². The average Bonchev–Trinajstić information content (AvgIpc) is 2.88. The van der Waals surface area contributed by atoms with Gasteiger partial charge in [-0.05, 0) is 0 Å². The first-order chi connectivity index (χ1) is 10.4. The number of carbonyl (C=O) groups is 2. The number of aliphatic hydroxyl groups is 3. The fourth-order valence-corrected chi connectivity index (χ4v) is 3.43. The van der Waals surface area contributed by atoms with E-state index >= 15 is 0 Å². The normalized spacial score (nSPS) is 42.4. The number of carbonyl (C=O) groups excluding carboxylic acids is 2. The van der Waals surface area contributed by atoms with Gasteiger partial charge in [0.05, 0.1) is 24.9 Å². The van der Waals surface area contributed by atoms with Gasteiger partial charge in [0.25, 0.3) is 5.91 Å². The lowest BCUT2D eigenvalue weighted by atomic mass is 9.75. The van der Waals surface area contributed by atoms with Crippen LogP contribution in [0, 0.1) is 5.92 Å². The molecule has 126 valence electrons. The van der Waals surface area contributed by atoms with Crippen molar-refractivity contribution in [3.05, 3.63) is 0 Å². The lowest BCUT2D eigenvalue weighted by Crippen LogP contribution is -2.69. The van der Waals surface area contributed by atoms with Crippen LogP contribution in [0.1, 0.15) is 6.42 Å². The van der Waals surface area contributed by atoms with Crippen molar-refractivity contribution < 1.29 is 34.4 Å². The van der Waals surface area contributed by atoms with E-state index in [1.807, 2.05) is 0 Å². The highest BCUT2D eigenvalue weighted by atomic mass is 16.6. The molecule has 0 aliphatic carbocycles. The van der Waals surface area contributed by atoms with Crippen molar-refractivity contribution in [1.29, 1.82) is 0 Å². The number of ether oxygens (including phenoxy) is 2. The molecule has 0 aromatic heterocycles. The van der Waals surface area contributed by atoms with Gasteiger partial charge in [-0.2, -0.15) is 0 Å². The SMILES string of the molecule is COC1CC(O)C(CO)OC1(C(N)=O)[C@@H]1CN(C=O)C[C@@H]1O. The van der Waals surface area contributed by atoms with Crippen LogP contribution in [0.2, 0.25) is 0 Å². The number of aliphatic hydroxyl groups excluding tert-OH is 3. The van der Waals surface area contributed by atoms with Crippen molar-refractivity contribution in [1.82, 2.24) is 4.90 Å². The molecule has 0 radical (unpaired) electrons. The summed E-state index contributed by atoms with van der Waals surface area (Å²) in [7, 11) is 1.34.